The summed E-state index contributed by atoms with van der Waals surface area (Å²) in [7, 11) is 0. The zero-order valence-corrected chi connectivity index (χ0v) is 15.2. The van der Waals surface area contributed by atoms with E-state index in [1.807, 2.05) is 31.9 Å². The second kappa shape index (κ2) is 6.59. The second-order valence-corrected chi connectivity index (χ2v) is 7.76. The van der Waals surface area contributed by atoms with Gasteiger partial charge < -0.3 is 14.5 Å². The van der Waals surface area contributed by atoms with Gasteiger partial charge in [0.25, 0.3) is 0 Å². The van der Waals surface area contributed by atoms with Crippen molar-refractivity contribution in [2.45, 2.75) is 39.3 Å². The van der Waals surface area contributed by atoms with Gasteiger partial charge in [0.2, 0.25) is 0 Å². The van der Waals surface area contributed by atoms with Crippen LogP contribution < -0.4 is 4.90 Å². The Bertz CT molecular complexity index is 568. The van der Waals surface area contributed by atoms with Crippen molar-refractivity contribution in [1.29, 1.82) is 0 Å². The Morgan fingerprint density at radius 2 is 1.83 bits per heavy atom. The van der Waals surface area contributed by atoms with Crippen LogP contribution in [-0.4, -0.2) is 71.8 Å². The van der Waals surface area contributed by atoms with Crippen LogP contribution in [0.1, 0.15) is 26.3 Å². The number of aryl methyl sites for hydroxylation is 1. The van der Waals surface area contributed by atoms with E-state index in [1.165, 1.54) is 5.56 Å². The van der Waals surface area contributed by atoms with Gasteiger partial charge in [0.15, 0.2) is 0 Å². The van der Waals surface area contributed by atoms with Gasteiger partial charge in [-0.3, -0.25) is 4.90 Å². The summed E-state index contributed by atoms with van der Waals surface area (Å²) in [4.78, 5) is 23.2. The molecule has 0 aliphatic carbocycles. The molecular formula is C18H28N4O2. The molecule has 2 aliphatic rings. The summed E-state index contributed by atoms with van der Waals surface area (Å²) in [6, 6.07) is 4.76. The van der Waals surface area contributed by atoms with E-state index in [0.29, 0.717) is 6.04 Å². The van der Waals surface area contributed by atoms with Gasteiger partial charge in [-0.15, -0.1) is 0 Å². The number of rotatable bonds is 2. The van der Waals surface area contributed by atoms with Gasteiger partial charge in [-0.05, 0) is 39.3 Å². The van der Waals surface area contributed by atoms with Gasteiger partial charge in [-0.2, -0.15) is 0 Å². The molecule has 0 aromatic carbocycles. The van der Waals surface area contributed by atoms with Crippen molar-refractivity contribution >= 4 is 11.9 Å². The molecule has 0 atom stereocenters. The highest BCUT2D eigenvalue weighted by Gasteiger charge is 2.35. The molecule has 0 unspecified atom stereocenters. The average molecular weight is 332 g/mol. The van der Waals surface area contributed by atoms with Crippen LogP contribution in [0.3, 0.4) is 0 Å². The number of carbonyl (C=O) groups excluding carboxylic acids is 1. The summed E-state index contributed by atoms with van der Waals surface area (Å²) in [5.74, 6) is 1.06. The number of piperazine rings is 1. The Kier molecular flexibility index (Phi) is 4.67. The number of anilines is 1. The van der Waals surface area contributed by atoms with E-state index < -0.39 is 5.60 Å². The minimum absolute atomic E-state index is 0.193. The van der Waals surface area contributed by atoms with Crippen molar-refractivity contribution in [3.05, 3.63) is 23.9 Å². The van der Waals surface area contributed by atoms with Crippen LogP contribution in [0.2, 0.25) is 0 Å². The maximum absolute atomic E-state index is 12.1. The van der Waals surface area contributed by atoms with Gasteiger partial charge >= 0.3 is 6.09 Å². The number of pyridine rings is 1. The average Bonchev–Trinajstić information content (AvgIpc) is 2.46. The lowest BCUT2D eigenvalue weighted by molar-refractivity contribution is 0.00874. The first-order valence-corrected chi connectivity index (χ1v) is 8.71. The van der Waals surface area contributed by atoms with Gasteiger partial charge in [-0.25, -0.2) is 9.78 Å². The maximum atomic E-state index is 12.1. The molecule has 0 bridgehead atoms. The number of amides is 1. The summed E-state index contributed by atoms with van der Waals surface area (Å²) >= 11 is 0. The van der Waals surface area contributed by atoms with Crippen LogP contribution >= 0.6 is 0 Å². The lowest BCUT2D eigenvalue weighted by atomic mass is 10.1. The Balaban J connectivity index is 1.44. The number of ether oxygens (including phenoxy) is 1. The number of carbonyl (C=O) groups is 1. The molecular weight excluding hydrogens is 304 g/mol. The van der Waals surface area contributed by atoms with Crippen LogP contribution in [-0.2, 0) is 4.74 Å². The molecule has 2 fully saturated rings. The van der Waals surface area contributed by atoms with Gasteiger partial charge in [-0.1, -0.05) is 6.07 Å². The van der Waals surface area contributed by atoms with Crippen molar-refractivity contribution in [3.63, 3.8) is 0 Å². The number of hydrogen-bond donors (Lipinski definition) is 0. The molecule has 0 N–H and O–H groups in total. The number of hydrogen-bond acceptors (Lipinski definition) is 5. The Morgan fingerprint density at radius 1 is 1.17 bits per heavy atom. The highest BCUT2D eigenvalue weighted by atomic mass is 16.6. The van der Waals surface area contributed by atoms with E-state index in [-0.39, 0.29) is 6.09 Å². The normalized spacial score (nSPS) is 20.0. The van der Waals surface area contributed by atoms with E-state index in [4.69, 9.17) is 4.74 Å². The van der Waals surface area contributed by atoms with E-state index in [0.717, 1.165) is 45.1 Å². The van der Waals surface area contributed by atoms with Crippen molar-refractivity contribution in [2.24, 2.45) is 0 Å². The summed E-state index contributed by atoms with van der Waals surface area (Å²) in [5.41, 5.74) is 0.762. The Hall–Kier alpha value is -1.82. The third-order valence-corrected chi connectivity index (χ3v) is 4.56. The summed E-state index contributed by atoms with van der Waals surface area (Å²) in [5, 5.41) is 0. The molecule has 132 valence electrons. The smallest absolute Gasteiger partial charge is 0.410 e. The summed E-state index contributed by atoms with van der Waals surface area (Å²) in [6.07, 6.45) is 1.73. The molecule has 0 saturated carbocycles. The fourth-order valence-corrected chi connectivity index (χ4v) is 3.12. The monoisotopic (exact) mass is 332 g/mol. The third kappa shape index (κ3) is 3.98. The highest BCUT2D eigenvalue weighted by molar-refractivity contribution is 5.68. The zero-order chi connectivity index (χ0) is 17.3. The number of aromatic nitrogens is 1. The van der Waals surface area contributed by atoms with Crippen molar-refractivity contribution in [3.8, 4) is 0 Å². The molecule has 6 nitrogen and oxygen atoms in total. The van der Waals surface area contributed by atoms with E-state index in [9.17, 15) is 4.79 Å². The molecule has 0 radical (unpaired) electrons. The Morgan fingerprint density at radius 3 is 2.38 bits per heavy atom. The molecule has 1 aromatic heterocycles. The van der Waals surface area contributed by atoms with Gasteiger partial charge in [0.1, 0.15) is 11.4 Å². The van der Waals surface area contributed by atoms with Crippen molar-refractivity contribution < 1.29 is 9.53 Å². The molecule has 1 amide bonds. The third-order valence-electron chi connectivity index (χ3n) is 4.56. The van der Waals surface area contributed by atoms with Gasteiger partial charge in [0, 0.05) is 51.5 Å². The van der Waals surface area contributed by atoms with E-state index >= 15 is 0 Å². The zero-order valence-electron chi connectivity index (χ0n) is 15.2. The molecule has 3 heterocycles. The fraction of sp³-hybridized carbons (Fsp3) is 0.667. The number of nitrogens with zero attached hydrogens (tertiary/aromatic N) is 4. The first-order valence-electron chi connectivity index (χ1n) is 8.71. The standard InChI is InChI=1S/C18H28N4O2/c1-14-5-6-16(19-11-14)22-12-15(13-22)20-7-9-21(10-8-20)17(23)24-18(2,3)4/h5-6,11,15H,7-10,12-13H2,1-4H3. The van der Waals surface area contributed by atoms with Crippen LogP contribution in [0.25, 0.3) is 0 Å². The molecule has 2 saturated heterocycles. The second-order valence-electron chi connectivity index (χ2n) is 7.76. The molecule has 24 heavy (non-hydrogen) atoms. The quantitative estimate of drug-likeness (QED) is 0.830. The van der Waals surface area contributed by atoms with Crippen molar-refractivity contribution in [1.82, 2.24) is 14.8 Å². The lowest BCUT2D eigenvalue weighted by Crippen LogP contribution is -2.63. The van der Waals surface area contributed by atoms with E-state index in [1.54, 1.807) is 0 Å². The summed E-state index contributed by atoms with van der Waals surface area (Å²) in [6.45, 7) is 13.1. The van der Waals surface area contributed by atoms with Crippen molar-refractivity contribution in [2.75, 3.05) is 44.2 Å². The summed E-state index contributed by atoms with van der Waals surface area (Å²) < 4.78 is 5.45. The minimum atomic E-state index is -0.427. The molecule has 0 spiro atoms. The van der Waals surface area contributed by atoms with Crippen LogP contribution in [0.4, 0.5) is 10.6 Å². The fourth-order valence-electron chi connectivity index (χ4n) is 3.12. The van der Waals surface area contributed by atoms with Crippen LogP contribution in [0.15, 0.2) is 18.3 Å². The largest absolute Gasteiger partial charge is 0.444 e. The molecule has 2 aliphatic heterocycles. The maximum Gasteiger partial charge on any atom is 0.410 e. The van der Waals surface area contributed by atoms with Crippen LogP contribution in [0.5, 0.6) is 0 Å². The minimum Gasteiger partial charge on any atom is -0.444 e. The molecule has 3 rings (SSSR count). The molecule has 1 aromatic rings. The van der Waals surface area contributed by atoms with E-state index in [2.05, 4.69) is 33.8 Å². The predicted molar refractivity (Wildman–Crippen MR) is 94.4 cm³/mol. The first-order chi connectivity index (χ1) is 11.3. The SMILES string of the molecule is Cc1ccc(N2CC(N3CCN(C(=O)OC(C)(C)C)CC3)C2)nc1. The first kappa shape index (κ1) is 17.0. The highest BCUT2D eigenvalue weighted by Crippen LogP contribution is 2.23. The van der Waals surface area contributed by atoms with Crippen LogP contribution in [0, 0.1) is 6.92 Å². The van der Waals surface area contributed by atoms with Gasteiger partial charge in [0.05, 0.1) is 0 Å². The predicted octanol–water partition coefficient (Wildman–Crippen LogP) is 2.13. The topological polar surface area (TPSA) is 48.9 Å². The molecule has 6 heteroatoms. The Labute approximate surface area is 144 Å². The lowest BCUT2D eigenvalue weighted by Gasteiger charge is -2.48.